The number of nitrogens with zero attached hydrogens (tertiary/aromatic N) is 1. The van der Waals surface area contributed by atoms with Gasteiger partial charge in [0.15, 0.2) is 22.4 Å². The van der Waals surface area contributed by atoms with Gasteiger partial charge in [0.2, 0.25) is 0 Å². The minimum absolute atomic E-state index is 0.0237. The van der Waals surface area contributed by atoms with Crippen molar-refractivity contribution in [3.8, 4) is 0 Å². The lowest BCUT2D eigenvalue weighted by atomic mass is 10.00. The smallest absolute Gasteiger partial charge is 0.269 e. The Morgan fingerprint density at radius 2 is 1.39 bits per heavy atom. The third-order valence-corrected chi connectivity index (χ3v) is 16.2. The van der Waals surface area contributed by atoms with Gasteiger partial charge in [-0.3, -0.25) is 14.9 Å². The summed E-state index contributed by atoms with van der Waals surface area (Å²) >= 11 is 0. The number of hydrogen-bond donors (Lipinski definition) is 1. The van der Waals surface area contributed by atoms with Gasteiger partial charge in [-0.25, -0.2) is 0 Å². The molecule has 188 valence electrons. The molecular formula is C24H43NO6Si2. The Morgan fingerprint density at radius 3 is 1.79 bits per heavy atom. The van der Waals surface area contributed by atoms with Gasteiger partial charge in [-0.15, -0.1) is 0 Å². The number of aliphatic hydroxyl groups excluding tert-OH is 1. The summed E-state index contributed by atoms with van der Waals surface area (Å²) in [6.07, 6.45) is -2.49. The molecule has 1 aromatic carbocycles. The summed E-state index contributed by atoms with van der Waals surface area (Å²) in [5, 5.41) is 21.5. The Labute approximate surface area is 201 Å². The van der Waals surface area contributed by atoms with Crippen molar-refractivity contribution in [2.45, 2.75) is 109 Å². The van der Waals surface area contributed by atoms with Crippen molar-refractivity contribution >= 4 is 28.1 Å². The van der Waals surface area contributed by atoms with E-state index in [0.29, 0.717) is 5.56 Å². The highest BCUT2D eigenvalue weighted by Gasteiger charge is 2.45. The highest BCUT2D eigenvalue weighted by atomic mass is 28.4. The third kappa shape index (κ3) is 7.82. The van der Waals surface area contributed by atoms with E-state index in [0.717, 1.165) is 0 Å². The summed E-state index contributed by atoms with van der Waals surface area (Å²) in [6.45, 7) is 23.2. The molecule has 0 saturated heterocycles. The summed E-state index contributed by atoms with van der Waals surface area (Å²) in [7, 11) is -4.47. The predicted molar refractivity (Wildman–Crippen MR) is 137 cm³/mol. The Morgan fingerprint density at radius 1 is 0.970 bits per heavy atom. The number of ketones is 1. The summed E-state index contributed by atoms with van der Waals surface area (Å²) in [6, 6.07) is 5.62. The summed E-state index contributed by atoms with van der Waals surface area (Å²) in [5.74, 6) is -0.225. The van der Waals surface area contributed by atoms with Crippen LogP contribution in [0.25, 0.3) is 0 Å². The maximum Gasteiger partial charge on any atom is 0.269 e. The van der Waals surface area contributed by atoms with E-state index in [-0.39, 0.29) is 28.0 Å². The monoisotopic (exact) mass is 497 g/mol. The van der Waals surface area contributed by atoms with Crippen LogP contribution in [0.2, 0.25) is 36.3 Å². The Balaban J connectivity index is 3.18. The van der Waals surface area contributed by atoms with E-state index in [1.807, 2.05) is 6.92 Å². The van der Waals surface area contributed by atoms with Crippen LogP contribution < -0.4 is 0 Å². The lowest BCUT2D eigenvalue weighted by molar-refractivity contribution is -0.384. The first-order valence-corrected chi connectivity index (χ1v) is 17.3. The molecule has 0 amide bonds. The molecule has 33 heavy (non-hydrogen) atoms. The number of carbonyl (C=O) groups is 1. The Hall–Kier alpha value is -1.40. The molecule has 1 aromatic rings. The normalized spacial score (nSPS) is 16.2. The quantitative estimate of drug-likeness (QED) is 0.228. The fourth-order valence-electron chi connectivity index (χ4n) is 2.86. The Bertz CT molecular complexity index is 825. The molecule has 1 rings (SSSR count). The van der Waals surface area contributed by atoms with Crippen molar-refractivity contribution < 1.29 is 23.7 Å². The zero-order chi connectivity index (χ0) is 26.0. The molecular weight excluding hydrogens is 454 g/mol. The number of rotatable bonds is 10. The molecule has 7 nitrogen and oxygen atoms in total. The average molecular weight is 498 g/mol. The number of aliphatic hydroxyl groups is 1. The molecule has 1 N–H and O–H groups in total. The van der Waals surface area contributed by atoms with Gasteiger partial charge in [-0.1, -0.05) is 41.5 Å². The first-order chi connectivity index (χ1) is 14.7. The van der Waals surface area contributed by atoms with E-state index in [1.165, 1.54) is 24.3 Å². The summed E-state index contributed by atoms with van der Waals surface area (Å²) in [4.78, 5) is 23.8. The first kappa shape index (κ1) is 29.6. The van der Waals surface area contributed by atoms with E-state index in [2.05, 4.69) is 67.7 Å². The van der Waals surface area contributed by atoms with E-state index < -0.39 is 39.9 Å². The minimum atomic E-state index is -2.31. The third-order valence-electron chi connectivity index (χ3n) is 7.14. The van der Waals surface area contributed by atoms with Crippen molar-refractivity contribution in [1.29, 1.82) is 0 Å². The first-order valence-electron chi connectivity index (χ1n) is 11.5. The molecule has 0 aliphatic carbocycles. The minimum Gasteiger partial charge on any atom is -0.411 e. The standard InChI is InChI=1S/C24H43NO6Si2/c1-17(30-32(8,9)23(2,3)4)22(31-33(10,11)24(5,6)7)21(27)16-20(26)18-12-14-19(15-13-18)25(28)29/h12-15,17,20,22,26H,16H2,1-11H3/t17-,20+,22-/m1/s1. The lowest BCUT2D eigenvalue weighted by Crippen LogP contribution is -2.53. The zero-order valence-electron chi connectivity index (χ0n) is 22.2. The number of nitro benzene ring substituents is 1. The molecule has 0 bridgehead atoms. The number of nitro groups is 1. The molecule has 9 heteroatoms. The van der Waals surface area contributed by atoms with E-state index in [1.54, 1.807) is 0 Å². The second-order valence-corrected chi connectivity index (χ2v) is 21.4. The average Bonchev–Trinajstić information content (AvgIpc) is 2.63. The van der Waals surface area contributed by atoms with Gasteiger partial charge in [0.25, 0.3) is 5.69 Å². The van der Waals surface area contributed by atoms with Crippen LogP contribution in [0.5, 0.6) is 0 Å². The van der Waals surface area contributed by atoms with Crippen LogP contribution in [0.4, 0.5) is 5.69 Å². The fraction of sp³-hybridized carbons (Fsp3) is 0.708. The number of non-ortho nitro benzene ring substituents is 1. The molecule has 0 spiro atoms. The van der Waals surface area contributed by atoms with Crippen LogP contribution in [0.15, 0.2) is 24.3 Å². The second kappa shape index (κ2) is 10.5. The van der Waals surface area contributed by atoms with E-state index >= 15 is 0 Å². The molecule has 0 radical (unpaired) electrons. The van der Waals surface area contributed by atoms with Gasteiger partial charge in [0.05, 0.1) is 17.1 Å². The van der Waals surface area contributed by atoms with Crippen molar-refractivity contribution in [2.75, 3.05) is 0 Å². The lowest BCUT2D eigenvalue weighted by Gasteiger charge is -2.44. The molecule has 0 saturated carbocycles. The zero-order valence-corrected chi connectivity index (χ0v) is 24.2. The van der Waals surface area contributed by atoms with Crippen LogP contribution >= 0.6 is 0 Å². The van der Waals surface area contributed by atoms with Crippen LogP contribution in [-0.4, -0.2) is 44.7 Å². The summed E-state index contributed by atoms with van der Waals surface area (Å²) in [5.41, 5.74) is 0.394. The Kier molecular flexibility index (Phi) is 9.41. The number of carbonyl (C=O) groups excluding carboxylic acids is 1. The molecule has 0 unspecified atom stereocenters. The molecule has 0 aliphatic rings. The van der Waals surface area contributed by atoms with Gasteiger partial charge >= 0.3 is 0 Å². The summed E-state index contributed by atoms with van der Waals surface area (Å²) < 4.78 is 13.1. The maximum atomic E-state index is 13.4. The number of Topliss-reactive ketones (excluding diaryl/α,β-unsaturated/α-hetero) is 1. The van der Waals surface area contributed by atoms with E-state index in [4.69, 9.17) is 8.85 Å². The van der Waals surface area contributed by atoms with Crippen molar-refractivity contribution in [1.82, 2.24) is 0 Å². The van der Waals surface area contributed by atoms with Crippen molar-refractivity contribution in [3.63, 3.8) is 0 Å². The molecule has 3 atom stereocenters. The van der Waals surface area contributed by atoms with Crippen LogP contribution in [-0.2, 0) is 13.6 Å². The molecule has 0 aromatic heterocycles. The number of benzene rings is 1. The maximum absolute atomic E-state index is 13.4. The number of hydrogen-bond acceptors (Lipinski definition) is 6. The largest absolute Gasteiger partial charge is 0.411 e. The SMILES string of the molecule is C[C@@H](O[Si](C)(C)C(C)(C)C)[C@@H](O[Si](C)(C)C(C)(C)C)C(=O)C[C@H](O)c1ccc([N+](=O)[O-])cc1. The van der Waals surface area contributed by atoms with Crippen LogP contribution in [0.1, 0.15) is 66.6 Å². The molecule has 0 heterocycles. The molecule has 0 fully saturated rings. The topological polar surface area (TPSA) is 98.9 Å². The fourth-order valence-corrected chi connectivity index (χ4v) is 5.58. The van der Waals surface area contributed by atoms with Crippen molar-refractivity contribution in [3.05, 3.63) is 39.9 Å². The van der Waals surface area contributed by atoms with E-state index in [9.17, 15) is 20.0 Å². The van der Waals surface area contributed by atoms with Gasteiger partial charge in [-0.2, -0.15) is 0 Å². The van der Waals surface area contributed by atoms with Gasteiger partial charge in [-0.05, 0) is 60.9 Å². The second-order valence-electron chi connectivity index (χ2n) is 11.9. The van der Waals surface area contributed by atoms with Crippen LogP contribution in [0, 0.1) is 10.1 Å². The predicted octanol–water partition coefficient (Wildman–Crippen LogP) is 6.39. The van der Waals surface area contributed by atoms with Gasteiger partial charge in [0.1, 0.15) is 6.10 Å². The van der Waals surface area contributed by atoms with Crippen molar-refractivity contribution in [2.24, 2.45) is 0 Å². The molecule has 0 aliphatic heterocycles. The van der Waals surface area contributed by atoms with Gasteiger partial charge < -0.3 is 14.0 Å². The van der Waals surface area contributed by atoms with Crippen LogP contribution in [0.3, 0.4) is 0 Å². The van der Waals surface area contributed by atoms with Gasteiger partial charge in [0, 0.05) is 18.6 Å². The highest BCUT2D eigenvalue weighted by Crippen LogP contribution is 2.40. The highest BCUT2D eigenvalue weighted by molar-refractivity contribution is 6.74.